The van der Waals surface area contributed by atoms with Gasteiger partial charge >= 0.3 is 5.69 Å². The molecule has 0 amide bonds. The number of unbranched alkanes of at least 4 members (excludes halogenated alkanes) is 4. The molecule has 0 bridgehead atoms. The molecule has 160 valence electrons. The molecule has 2 heterocycles. The normalized spacial score (nSPS) is 11.2. The molecule has 1 aromatic carbocycles. The van der Waals surface area contributed by atoms with Crippen LogP contribution in [0.3, 0.4) is 0 Å². The van der Waals surface area contributed by atoms with Crippen LogP contribution in [0.2, 0.25) is 0 Å². The monoisotopic (exact) mass is 412 g/mol. The van der Waals surface area contributed by atoms with Crippen molar-refractivity contribution in [3.05, 3.63) is 57.0 Å². The van der Waals surface area contributed by atoms with Crippen LogP contribution >= 0.6 is 0 Å². The van der Waals surface area contributed by atoms with Gasteiger partial charge < -0.3 is 9.30 Å². The summed E-state index contributed by atoms with van der Waals surface area (Å²) in [5.41, 5.74) is 0.910. The summed E-state index contributed by atoms with van der Waals surface area (Å²) in [5.74, 6) is 0.904. The topological polar surface area (TPSA) is 88.1 Å². The lowest BCUT2D eigenvalue weighted by Crippen LogP contribution is -2.37. The first-order chi connectivity index (χ1) is 14.4. The molecule has 0 saturated heterocycles. The summed E-state index contributed by atoms with van der Waals surface area (Å²) in [6, 6.07) is 7.21. The molecule has 0 fully saturated rings. The van der Waals surface area contributed by atoms with E-state index in [-0.39, 0.29) is 17.0 Å². The maximum absolute atomic E-state index is 12.4. The fraction of sp³-hybridized carbons (Fsp3) is 0.455. The second-order valence-electron chi connectivity index (χ2n) is 7.49. The zero-order valence-corrected chi connectivity index (χ0v) is 17.8. The first-order valence-corrected chi connectivity index (χ1v) is 10.2. The Morgan fingerprint density at radius 2 is 1.63 bits per heavy atom. The first-order valence-electron chi connectivity index (χ1n) is 10.2. The minimum atomic E-state index is -0.373. The van der Waals surface area contributed by atoms with Crippen molar-refractivity contribution in [1.29, 1.82) is 0 Å². The third kappa shape index (κ3) is 4.53. The van der Waals surface area contributed by atoms with E-state index in [0.717, 1.165) is 48.0 Å². The van der Waals surface area contributed by atoms with Gasteiger partial charge in [0.1, 0.15) is 5.75 Å². The van der Waals surface area contributed by atoms with E-state index in [2.05, 4.69) is 4.98 Å². The van der Waals surface area contributed by atoms with Crippen LogP contribution in [0.4, 0.5) is 0 Å². The van der Waals surface area contributed by atoms with Crippen molar-refractivity contribution in [2.45, 2.75) is 45.1 Å². The van der Waals surface area contributed by atoms with Gasteiger partial charge in [-0.05, 0) is 37.1 Å². The summed E-state index contributed by atoms with van der Waals surface area (Å²) in [5, 5.41) is 0. The van der Waals surface area contributed by atoms with Gasteiger partial charge in [0.15, 0.2) is 16.9 Å². The van der Waals surface area contributed by atoms with Gasteiger partial charge in [-0.25, -0.2) is 9.78 Å². The van der Waals surface area contributed by atoms with Crippen molar-refractivity contribution in [1.82, 2.24) is 18.7 Å². The Labute approximate surface area is 174 Å². The number of fused-ring (bicyclic) bond motifs is 1. The van der Waals surface area contributed by atoms with E-state index in [9.17, 15) is 14.4 Å². The smallest absolute Gasteiger partial charge is 0.332 e. The quantitative estimate of drug-likeness (QED) is 0.377. The minimum absolute atomic E-state index is 0.156. The SMILES string of the molecule is COc1ccc(C(=O)CCCCCCCn2cnc3c2c(=O)n(C)c(=O)n3C)cc1. The highest BCUT2D eigenvalue weighted by Gasteiger charge is 2.13. The summed E-state index contributed by atoms with van der Waals surface area (Å²) < 4.78 is 9.44. The number of ketones is 1. The number of nitrogens with zero attached hydrogens (tertiary/aromatic N) is 4. The molecule has 0 radical (unpaired) electrons. The lowest BCUT2D eigenvalue weighted by atomic mass is 10.0. The van der Waals surface area contributed by atoms with Gasteiger partial charge in [-0.2, -0.15) is 0 Å². The third-order valence-electron chi connectivity index (χ3n) is 5.43. The van der Waals surface area contributed by atoms with Gasteiger partial charge in [-0.1, -0.05) is 19.3 Å². The van der Waals surface area contributed by atoms with Crippen LogP contribution in [0.5, 0.6) is 5.75 Å². The molecule has 0 N–H and O–H groups in total. The average Bonchev–Trinajstić information content (AvgIpc) is 3.19. The number of hydrogen-bond donors (Lipinski definition) is 0. The Kier molecular flexibility index (Phi) is 6.87. The van der Waals surface area contributed by atoms with Crippen LogP contribution in [0, 0.1) is 0 Å². The zero-order valence-electron chi connectivity index (χ0n) is 17.8. The van der Waals surface area contributed by atoms with Crippen molar-refractivity contribution in [2.75, 3.05) is 7.11 Å². The van der Waals surface area contributed by atoms with E-state index in [1.54, 1.807) is 44.8 Å². The molecule has 2 aromatic heterocycles. The number of benzene rings is 1. The molecular formula is C22H28N4O4. The zero-order chi connectivity index (χ0) is 21.7. The molecule has 8 heteroatoms. The number of Topliss-reactive ketones (excluding diaryl/α,β-unsaturated/α-hetero) is 1. The van der Waals surface area contributed by atoms with Gasteiger partial charge in [0, 0.05) is 32.6 Å². The van der Waals surface area contributed by atoms with Crippen molar-refractivity contribution in [2.24, 2.45) is 14.1 Å². The Bertz CT molecular complexity index is 1140. The van der Waals surface area contributed by atoms with Crippen molar-refractivity contribution >= 4 is 16.9 Å². The molecule has 30 heavy (non-hydrogen) atoms. The number of aryl methyl sites for hydroxylation is 2. The Morgan fingerprint density at radius 3 is 2.33 bits per heavy atom. The highest BCUT2D eigenvalue weighted by atomic mass is 16.5. The first kappa shape index (κ1) is 21.5. The predicted molar refractivity (Wildman–Crippen MR) is 115 cm³/mol. The second kappa shape index (κ2) is 9.56. The Morgan fingerprint density at radius 1 is 0.967 bits per heavy atom. The van der Waals surface area contributed by atoms with Crippen LogP contribution in [-0.2, 0) is 20.6 Å². The van der Waals surface area contributed by atoms with E-state index in [1.165, 1.54) is 11.6 Å². The van der Waals surface area contributed by atoms with Gasteiger partial charge in [0.25, 0.3) is 5.56 Å². The molecule has 8 nitrogen and oxygen atoms in total. The number of rotatable bonds is 10. The van der Waals surface area contributed by atoms with E-state index in [1.807, 2.05) is 4.57 Å². The molecule has 0 aliphatic heterocycles. The standard InChI is InChI=1S/C22H28N4O4/c1-24-20-19(21(28)25(2)22(24)29)26(15-23-20)14-8-6-4-5-7-9-18(27)16-10-12-17(30-3)13-11-16/h10-13,15H,4-9,14H2,1-3H3. The number of aromatic nitrogens is 4. The second-order valence-corrected chi connectivity index (χ2v) is 7.49. The molecule has 3 aromatic rings. The van der Waals surface area contributed by atoms with Crippen molar-refractivity contribution in [3.63, 3.8) is 0 Å². The van der Waals surface area contributed by atoms with E-state index >= 15 is 0 Å². The van der Waals surface area contributed by atoms with Gasteiger partial charge in [-0.3, -0.25) is 18.7 Å². The lowest BCUT2D eigenvalue weighted by molar-refractivity contribution is 0.0979. The maximum atomic E-state index is 12.4. The molecule has 0 unspecified atom stereocenters. The molecule has 0 saturated carbocycles. The minimum Gasteiger partial charge on any atom is -0.497 e. The summed E-state index contributed by atoms with van der Waals surface area (Å²) in [4.78, 5) is 40.9. The number of carbonyl (C=O) groups is 1. The number of hydrogen-bond acceptors (Lipinski definition) is 5. The molecule has 3 rings (SSSR count). The van der Waals surface area contributed by atoms with E-state index in [4.69, 9.17) is 4.74 Å². The summed E-state index contributed by atoms with van der Waals surface area (Å²) in [6.07, 6.45) is 6.96. The Balaban J connectivity index is 1.43. The number of methoxy groups -OCH3 is 1. The number of carbonyl (C=O) groups excluding carboxylic acids is 1. The Hall–Kier alpha value is -3.16. The van der Waals surface area contributed by atoms with Crippen molar-refractivity contribution < 1.29 is 9.53 Å². The fourth-order valence-corrected chi connectivity index (χ4v) is 3.59. The van der Waals surface area contributed by atoms with Crippen LogP contribution in [0.15, 0.2) is 40.2 Å². The highest BCUT2D eigenvalue weighted by molar-refractivity contribution is 5.96. The van der Waals surface area contributed by atoms with Gasteiger partial charge in [0.2, 0.25) is 0 Å². The van der Waals surface area contributed by atoms with Crippen LogP contribution in [-0.4, -0.2) is 31.6 Å². The predicted octanol–water partition coefficient (Wildman–Crippen LogP) is 2.67. The molecule has 0 aliphatic rings. The molecule has 0 spiro atoms. The van der Waals surface area contributed by atoms with Gasteiger partial charge in [0.05, 0.1) is 13.4 Å². The summed E-state index contributed by atoms with van der Waals surface area (Å²) in [6.45, 7) is 0.675. The summed E-state index contributed by atoms with van der Waals surface area (Å²) >= 11 is 0. The van der Waals surface area contributed by atoms with Crippen LogP contribution < -0.4 is 16.0 Å². The molecule has 0 aliphatic carbocycles. The lowest BCUT2D eigenvalue weighted by Gasteiger charge is -2.07. The number of imidazole rings is 1. The highest BCUT2D eigenvalue weighted by Crippen LogP contribution is 2.15. The largest absolute Gasteiger partial charge is 0.497 e. The van der Waals surface area contributed by atoms with Gasteiger partial charge in [-0.15, -0.1) is 0 Å². The van der Waals surface area contributed by atoms with E-state index < -0.39 is 0 Å². The number of ether oxygens (including phenoxy) is 1. The van der Waals surface area contributed by atoms with Crippen molar-refractivity contribution in [3.8, 4) is 5.75 Å². The fourth-order valence-electron chi connectivity index (χ4n) is 3.59. The van der Waals surface area contributed by atoms with Crippen LogP contribution in [0.25, 0.3) is 11.2 Å². The average molecular weight is 412 g/mol. The molecule has 0 atom stereocenters. The van der Waals surface area contributed by atoms with E-state index in [0.29, 0.717) is 24.1 Å². The maximum Gasteiger partial charge on any atom is 0.332 e. The molecular weight excluding hydrogens is 384 g/mol. The third-order valence-corrected chi connectivity index (χ3v) is 5.43. The van der Waals surface area contributed by atoms with Crippen LogP contribution in [0.1, 0.15) is 48.9 Å². The summed E-state index contributed by atoms with van der Waals surface area (Å²) in [7, 11) is 4.71.